The Balaban J connectivity index is 1.70. The van der Waals surface area contributed by atoms with Gasteiger partial charge in [0.05, 0.1) is 30.7 Å². The number of carbonyl (C=O) groups excluding carboxylic acids is 2. The smallest absolute Gasteiger partial charge is 0.308 e. The van der Waals surface area contributed by atoms with Gasteiger partial charge in [-0.2, -0.15) is 5.26 Å². The normalized spacial score (nSPS) is 11.5. The van der Waals surface area contributed by atoms with Gasteiger partial charge in [0.15, 0.2) is 0 Å². The first kappa shape index (κ1) is 20.0. The van der Waals surface area contributed by atoms with Crippen LogP contribution in [0.2, 0.25) is 0 Å². The van der Waals surface area contributed by atoms with Crippen LogP contribution in [0.5, 0.6) is 5.75 Å². The molecule has 148 valence electrons. The largest absolute Gasteiger partial charge is 0.497 e. The van der Waals surface area contributed by atoms with Gasteiger partial charge < -0.3 is 19.2 Å². The Labute approximate surface area is 168 Å². The van der Waals surface area contributed by atoms with E-state index in [9.17, 15) is 14.9 Å². The highest BCUT2D eigenvalue weighted by molar-refractivity contribution is 5.76. The van der Waals surface area contributed by atoms with Gasteiger partial charge in [-0.15, -0.1) is 0 Å². The first-order valence-corrected chi connectivity index (χ1v) is 9.07. The molecule has 2 heterocycles. The van der Waals surface area contributed by atoms with Crippen LogP contribution in [0.3, 0.4) is 0 Å². The number of methoxy groups -OCH3 is 1. The Morgan fingerprint density at radius 1 is 1.21 bits per heavy atom. The molecule has 7 heteroatoms. The van der Waals surface area contributed by atoms with E-state index in [0.717, 1.165) is 11.1 Å². The van der Waals surface area contributed by atoms with Crippen molar-refractivity contribution in [2.75, 3.05) is 7.11 Å². The van der Waals surface area contributed by atoms with Crippen LogP contribution in [0, 0.1) is 11.3 Å². The fraction of sp³-hybridized carbons (Fsp3) is 0.227. The van der Waals surface area contributed by atoms with Gasteiger partial charge in [-0.1, -0.05) is 18.2 Å². The van der Waals surface area contributed by atoms with Crippen molar-refractivity contribution in [2.45, 2.75) is 26.0 Å². The quantitative estimate of drug-likeness (QED) is 0.625. The lowest BCUT2D eigenvalue weighted by Crippen LogP contribution is -2.28. The molecule has 1 N–H and O–H groups in total. The average molecular weight is 391 g/mol. The number of hydrogen-bond acceptors (Lipinski definition) is 5. The molecule has 1 atom stereocenters. The maximum absolute atomic E-state index is 12.4. The molecule has 29 heavy (non-hydrogen) atoms. The van der Waals surface area contributed by atoms with Crippen molar-refractivity contribution in [1.29, 1.82) is 5.26 Å². The molecule has 0 bridgehead atoms. The Morgan fingerprint density at radius 2 is 1.97 bits per heavy atom. The number of pyridine rings is 1. The van der Waals surface area contributed by atoms with Gasteiger partial charge in [0.25, 0.3) is 0 Å². The van der Waals surface area contributed by atoms with E-state index in [1.807, 2.05) is 28.8 Å². The minimum absolute atomic E-state index is 0.0151. The standard InChI is InChI=1S/C22H21N3O4/c1-15(26)24-20(16-6-8-18(28-2)9-7-16)11-22(27)29-14-17-13-25-10-4-3-5-21(25)19(17)12-23/h3-10,13,20H,11,14H2,1-2H3,(H,24,26). The molecule has 0 fully saturated rings. The first-order valence-electron chi connectivity index (χ1n) is 9.07. The molecule has 1 unspecified atom stereocenters. The lowest BCUT2D eigenvalue weighted by atomic mass is 10.0. The molecule has 7 nitrogen and oxygen atoms in total. The van der Waals surface area contributed by atoms with Gasteiger partial charge in [-0.3, -0.25) is 9.59 Å². The maximum atomic E-state index is 12.4. The zero-order valence-electron chi connectivity index (χ0n) is 16.2. The summed E-state index contributed by atoms with van der Waals surface area (Å²) in [7, 11) is 1.57. The fourth-order valence-corrected chi connectivity index (χ4v) is 3.13. The van der Waals surface area contributed by atoms with Crippen LogP contribution < -0.4 is 10.1 Å². The van der Waals surface area contributed by atoms with Gasteiger partial charge in [0.1, 0.15) is 18.4 Å². The second-order valence-electron chi connectivity index (χ2n) is 6.53. The predicted octanol–water partition coefficient (Wildman–Crippen LogP) is 3.13. The van der Waals surface area contributed by atoms with E-state index < -0.39 is 12.0 Å². The van der Waals surface area contributed by atoms with E-state index in [2.05, 4.69) is 11.4 Å². The molecule has 3 rings (SSSR count). The number of amides is 1. The predicted molar refractivity (Wildman–Crippen MR) is 106 cm³/mol. The molecule has 0 spiro atoms. The molecule has 0 saturated heterocycles. The van der Waals surface area contributed by atoms with E-state index in [0.29, 0.717) is 16.9 Å². The Morgan fingerprint density at radius 3 is 2.62 bits per heavy atom. The molecule has 0 aliphatic carbocycles. The molecule has 0 saturated carbocycles. The summed E-state index contributed by atoms with van der Waals surface area (Å²) in [5.41, 5.74) is 2.64. The van der Waals surface area contributed by atoms with Crippen LogP contribution in [-0.2, 0) is 20.9 Å². The van der Waals surface area contributed by atoms with Crippen LogP contribution in [-0.4, -0.2) is 23.4 Å². The number of hydrogen-bond donors (Lipinski definition) is 1. The molecule has 0 radical (unpaired) electrons. The third-order valence-corrected chi connectivity index (χ3v) is 4.53. The van der Waals surface area contributed by atoms with Crippen molar-refractivity contribution < 1.29 is 19.1 Å². The zero-order valence-corrected chi connectivity index (χ0v) is 16.2. The number of rotatable bonds is 7. The van der Waals surface area contributed by atoms with Crippen molar-refractivity contribution in [3.05, 3.63) is 71.5 Å². The number of ether oxygens (including phenoxy) is 2. The molecule has 0 aliphatic heterocycles. The number of esters is 1. The van der Waals surface area contributed by atoms with E-state index in [4.69, 9.17) is 9.47 Å². The van der Waals surface area contributed by atoms with Crippen molar-refractivity contribution in [3.63, 3.8) is 0 Å². The van der Waals surface area contributed by atoms with Crippen molar-refractivity contribution >= 4 is 17.4 Å². The minimum Gasteiger partial charge on any atom is -0.497 e. The third kappa shape index (κ3) is 4.74. The highest BCUT2D eigenvalue weighted by Crippen LogP contribution is 2.22. The second kappa shape index (κ2) is 8.93. The molecule has 1 amide bonds. The van der Waals surface area contributed by atoms with Crippen LogP contribution in [0.1, 0.15) is 36.1 Å². The van der Waals surface area contributed by atoms with E-state index in [-0.39, 0.29) is 18.9 Å². The second-order valence-corrected chi connectivity index (χ2v) is 6.53. The summed E-state index contributed by atoms with van der Waals surface area (Å²) >= 11 is 0. The lowest BCUT2D eigenvalue weighted by molar-refractivity contribution is -0.145. The average Bonchev–Trinajstić information content (AvgIpc) is 3.09. The fourth-order valence-electron chi connectivity index (χ4n) is 3.13. The van der Waals surface area contributed by atoms with E-state index in [1.54, 1.807) is 37.6 Å². The summed E-state index contributed by atoms with van der Waals surface area (Å²) in [5, 5.41) is 12.2. The molecule has 2 aromatic heterocycles. The maximum Gasteiger partial charge on any atom is 0.308 e. The van der Waals surface area contributed by atoms with Crippen molar-refractivity contribution in [2.24, 2.45) is 0 Å². The van der Waals surface area contributed by atoms with Gasteiger partial charge in [0.2, 0.25) is 5.91 Å². The number of aromatic nitrogens is 1. The van der Waals surface area contributed by atoms with Crippen LogP contribution >= 0.6 is 0 Å². The number of benzene rings is 1. The summed E-state index contributed by atoms with van der Waals surface area (Å²) in [4.78, 5) is 24.0. The van der Waals surface area contributed by atoms with Crippen molar-refractivity contribution in [1.82, 2.24) is 9.72 Å². The lowest BCUT2D eigenvalue weighted by Gasteiger charge is -2.18. The number of nitriles is 1. The highest BCUT2D eigenvalue weighted by atomic mass is 16.5. The number of nitrogens with zero attached hydrogens (tertiary/aromatic N) is 2. The topological polar surface area (TPSA) is 92.8 Å². The van der Waals surface area contributed by atoms with Gasteiger partial charge in [-0.25, -0.2) is 0 Å². The van der Waals surface area contributed by atoms with Crippen LogP contribution in [0.4, 0.5) is 0 Å². The van der Waals surface area contributed by atoms with Crippen LogP contribution in [0.25, 0.3) is 5.52 Å². The summed E-state index contributed by atoms with van der Waals surface area (Å²) in [6, 6.07) is 14.3. The Hall–Kier alpha value is -3.79. The summed E-state index contributed by atoms with van der Waals surface area (Å²) in [5.74, 6) is -0.0366. The third-order valence-electron chi connectivity index (χ3n) is 4.53. The number of nitrogens with one attached hydrogen (secondary N) is 1. The SMILES string of the molecule is COc1ccc(C(CC(=O)OCc2cn3ccccc3c2C#N)NC(C)=O)cc1. The Kier molecular flexibility index (Phi) is 6.15. The molecule has 1 aromatic carbocycles. The van der Waals surface area contributed by atoms with Crippen molar-refractivity contribution in [3.8, 4) is 11.8 Å². The van der Waals surface area contributed by atoms with Gasteiger partial charge >= 0.3 is 5.97 Å². The first-order chi connectivity index (χ1) is 14.0. The molecular weight excluding hydrogens is 370 g/mol. The minimum atomic E-state index is -0.519. The van der Waals surface area contributed by atoms with Crippen LogP contribution in [0.15, 0.2) is 54.9 Å². The number of fused-ring (bicyclic) bond motifs is 1. The van der Waals surface area contributed by atoms with E-state index >= 15 is 0 Å². The highest BCUT2D eigenvalue weighted by Gasteiger charge is 2.19. The zero-order chi connectivity index (χ0) is 20.8. The Bertz CT molecular complexity index is 1060. The summed E-state index contributed by atoms with van der Waals surface area (Å²) in [6.07, 6.45) is 3.58. The molecular formula is C22H21N3O4. The summed E-state index contributed by atoms with van der Waals surface area (Å²) in [6.45, 7) is 1.38. The monoisotopic (exact) mass is 391 g/mol. The summed E-state index contributed by atoms with van der Waals surface area (Å²) < 4.78 is 12.4. The van der Waals surface area contributed by atoms with E-state index in [1.165, 1.54) is 6.92 Å². The van der Waals surface area contributed by atoms with Gasteiger partial charge in [-0.05, 0) is 29.8 Å². The molecule has 3 aromatic rings. The van der Waals surface area contributed by atoms with Gasteiger partial charge in [0, 0.05) is 24.9 Å². The molecule has 0 aliphatic rings. The number of carbonyl (C=O) groups is 2.